The van der Waals surface area contributed by atoms with Crippen molar-refractivity contribution in [3.8, 4) is 5.75 Å². The highest BCUT2D eigenvalue weighted by molar-refractivity contribution is 7.99. The second-order valence-electron chi connectivity index (χ2n) is 6.64. The summed E-state index contributed by atoms with van der Waals surface area (Å²) in [6.45, 7) is 3.21. The van der Waals surface area contributed by atoms with E-state index in [2.05, 4.69) is 17.9 Å². The van der Waals surface area contributed by atoms with Crippen molar-refractivity contribution in [2.75, 3.05) is 30.1 Å². The van der Waals surface area contributed by atoms with Crippen LogP contribution in [0.25, 0.3) is 0 Å². The standard InChI is InChI=1S/C21H24FNO3S2/c1-3-14-12-23(16-6-4-15(22)5-7-16)17-10-20(27-2)18(11-19(17)28-13-14)26-9-8-21(24)25/h4-7,10-11,14H,3,8-9,12-13H2,1-2H3,(H,24,25). The lowest BCUT2D eigenvalue weighted by Crippen LogP contribution is -2.24. The minimum Gasteiger partial charge on any atom is -0.492 e. The molecule has 0 saturated carbocycles. The number of benzene rings is 2. The van der Waals surface area contributed by atoms with Gasteiger partial charge in [0.05, 0.1) is 23.6 Å². The molecule has 0 aliphatic carbocycles. The molecule has 1 heterocycles. The summed E-state index contributed by atoms with van der Waals surface area (Å²) < 4.78 is 19.2. The summed E-state index contributed by atoms with van der Waals surface area (Å²) in [6.07, 6.45) is 3.01. The quantitative estimate of drug-likeness (QED) is 0.581. The van der Waals surface area contributed by atoms with Gasteiger partial charge in [0.25, 0.3) is 0 Å². The molecule has 2 aromatic carbocycles. The van der Waals surface area contributed by atoms with E-state index in [0.717, 1.165) is 39.9 Å². The maximum atomic E-state index is 13.4. The third-order valence-electron chi connectivity index (χ3n) is 4.74. The molecular weight excluding hydrogens is 397 g/mol. The Labute approximate surface area is 173 Å². The van der Waals surface area contributed by atoms with Gasteiger partial charge in [-0.25, -0.2) is 4.39 Å². The van der Waals surface area contributed by atoms with Crippen LogP contribution in [0.5, 0.6) is 5.75 Å². The summed E-state index contributed by atoms with van der Waals surface area (Å²) in [5, 5.41) is 8.86. The molecule has 0 spiro atoms. The number of carboxylic acid groups (broad SMARTS) is 1. The van der Waals surface area contributed by atoms with Crippen molar-refractivity contribution in [1.82, 2.24) is 0 Å². The maximum absolute atomic E-state index is 13.4. The molecular formula is C21H24FNO3S2. The first-order valence-electron chi connectivity index (χ1n) is 9.24. The lowest BCUT2D eigenvalue weighted by molar-refractivity contribution is -0.137. The number of hydrogen-bond donors (Lipinski definition) is 1. The maximum Gasteiger partial charge on any atom is 0.306 e. The average Bonchev–Trinajstić information content (AvgIpc) is 2.87. The number of rotatable bonds is 7. The zero-order valence-electron chi connectivity index (χ0n) is 16.0. The Morgan fingerprint density at radius 3 is 2.75 bits per heavy atom. The van der Waals surface area contributed by atoms with E-state index in [1.807, 2.05) is 24.5 Å². The SMILES string of the molecule is CCC1CSc2cc(OCCC(=O)O)c(SC)cc2N(c2ccc(F)cc2)C1. The van der Waals surface area contributed by atoms with Gasteiger partial charge in [-0.05, 0) is 48.6 Å². The van der Waals surface area contributed by atoms with Crippen LogP contribution in [-0.2, 0) is 4.79 Å². The van der Waals surface area contributed by atoms with Gasteiger partial charge in [0.1, 0.15) is 11.6 Å². The third kappa shape index (κ3) is 4.94. The van der Waals surface area contributed by atoms with E-state index in [9.17, 15) is 9.18 Å². The molecule has 1 atom stereocenters. The van der Waals surface area contributed by atoms with E-state index >= 15 is 0 Å². The van der Waals surface area contributed by atoms with Crippen LogP contribution in [0.4, 0.5) is 15.8 Å². The lowest BCUT2D eigenvalue weighted by atomic mass is 10.1. The highest BCUT2D eigenvalue weighted by Crippen LogP contribution is 2.45. The number of carboxylic acids is 1. The summed E-state index contributed by atoms with van der Waals surface area (Å²) in [5.41, 5.74) is 2.05. The molecule has 0 fully saturated rings. The highest BCUT2D eigenvalue weighted by Gasteiger charge is 2.25. The minimum absolute atomic E-state index is 0.0301. The van der Waals surface area contributed by atoms with Crippen LogP contribution in [0.1, 0.15) is 19.8 Å². The van der Waals surface area contributed by atoms with E-state index in [1.54, 1.807) is 23.5 Å². The van der Waals surface area contributed by atoms with Crippen molar-refractivity contribution in [3.63, 3.8) is 0 Å². The van der Waals surface area contributed by atoms with Crippen LogP contribution in [0.3, 0.4) is 0 Å². The smallest absolute Gasteiger partial charge is 0.306 e. The molecule has 1 N–H and O–H groups in total. The van der Waals surface area contributed by atoms with Crippen LogP contribution in [0.15, 0.2) is 46.2 Å². The Kier molecular flexibility index (Phi) is 7.13. The molecule has 0 saturated heterocycles. The number of nitrogens with zero attached hydrogens (tertiary/aromatic N) is 1. The van der Waals surface area contributed by atoms with Crippen molar-refractivity contribution < 1.29 is 19.0 Å². The van der Waals surface area contributed by atoms with Crippen molar-refractivity contribution >= 4 is 40.9 Å². The monoisotopic (exact) mass is 421 g/mol. The summed E-state index contributed by atoms with van der Waals surface area (Å²) in [7, 11) is 0. The molecule has 0 radical (unpaired) electrons. The van der Waals surface area contributed by atoms with Gasteiger partial charge in [0, 0.05) is 22.9 Å². The summed E-state index contributed by atoms with van der Waals surface area (Å²) in [6, 6.07) is 10.7. The molecule has 4 nitrogen and oxygen atoms in total. The molecule has 28 heavy (non-hydrogen) atoms. The van der Waals surface area contributed by atoms with Crippen LogP contribution < -0.4 is 9.64 Å². The first-order valence-corrected chi connectivity index (χ1v) is 11.4. The predicted molar refractivity (Wildman–Crippen MR) is 114 cm³/mol. The van der Waals surface area contributed by atoms with Crippen molar-refractivity contribution in [2.24, 2.45) is 5.92 Å². The Balaban J connectivity index is 1.99. The summed E-state index contributed by atoms with van der Waals surface area (Å²) in [4.78, 5) is 15.1. The van der Waals surface area contributed by atoms with E-state index in [0.29, 0.717) is 11.7 Å². The van der Waals surface area contributed by atoms with Crippen LogP contribution in [0, 0.1) is 11.7 Å². The minimum atomic E-state index is -0.872. The van der Waals surface area contributed by atoms with Gasteiger partial charge in [0.2, 0.25) is 0 Å². The van der Waals surface area contributed by atoms with Gasteiger partial charge < -0.3 is 14.7 Å². The fourth-order valence-corrected chi connectivity index (χ4v) is 4.92. The van der Waals surface area contributed by atoms with E-state index in [1.165, 1.54) is 12.1 Å². The lowest BCUT2D eigenvalue weighted by Gasteiger charge is -2.28. The first kappa shape index (κ1) is 20.9. The number of ether oxygens (including phenoxy) is 1. The second-order valence-corrected chi connectivity index (χ2v) is 8.55. The number of carbonyl (C=O) groups is 1. The topological polar surface area (TPSA) is 49.8 Å². The Bertz CT molecular complexity index is 829. The number of hydrogen-bond acceptors (Lipinski definition) is 5. The molecule has 1 aliphatic rings. The fourth-order valence-electron chi connectivity index (χ4n) is 3.11. The fraction of sp³-hybridized carbons (Fsp3) is 0.381. The molecule has 0 bridgehead atoms. The Morgan fingerprint density at radius 1 is 1.36 bits per heavy atom. The van der Waals surface area contributed by atoms with Gasteiger partial charge in [-0.1, -0.05) is 13.3 Å². The molecule has 150 valence electrons. The van der Waals surface area contributed by atoms with Gasteiger partial charge in [-0.2, -0.15) is 0 Å². The van der Waals surface area contributed by atoms with E-state index in [4.69, 9.17) is 9.84 Å². The van der Waals surface area contributed by atoms with Gasteiger partial charge in [-0.3, -0.25) is 4.79 Å². The Hall–Kier alpha value is -1.86. The van der Waals surface area contributed by atoms with Gasteiger partial charge in [-0.15, -0.1) is 23.5 Å². The molecule has 7 heteroatoms. The van der Waals surface area contributed by atoms with Gasteiger partial charge >= 0.3 is 5.97 Å². The van der Waals surface area contributed by atoms with Crippen molar-refractivity contribution in [3.05, 3.63) is 42.2 Å². The second kappa shape index (κ2) is 9.56. The van der Waals surface area contributed by atoms with Crippen molar-refractivity contribution in [1.29, 1.82) is 0 Å². The number of fused-ring (bicyclic) bond motifs is 1. The predicted octanol–water partition coefficient (Wildman–Crippen LogP) is 5.67. The molecule has 3 rings (SSSR count). The molecule has 1 aliphatic heterocycles. The number of anilines is 2. The van der Waals surface area contributed by atoms with Crippen LogP contribution in [-0.4, -0.2) is 36.2 Å². The zero-order chi connectivity index (χ0) is 20.1. The molecule has 1 unspecified atom stereocenters. The van der Waals surface area contributed by atoms with Crippen LogP contribution >= 0.6 is 23.5 Å². The van der Waals surface area contributed by atoms with E-state index < -0.39 is 5.97 Å². The number of halogens is 1. The van der Waals surface area contributed by atoms with Crippen LogP contribution in [0.2, 0.25) is 0 Å². The summed E-state index contributed by atoms with van der Waals surface area (Å²) in [5.74, 6) is 1.11. The molecule has 2 aromatic rings. The average molecular weight is 422 g/mol. The first-order chi connectivity index (χ1) is 13.5. The largest absolute Gasteiger partial charge is 0.492 e. The Morgan fingerprint density at radius 2 is 2.11 bits per heavy atom. The third-order valence-corrected chi connectivity index (χ3v) is 6.78. The number of thioether (sulfide) groups is 2. The van der Waals surface area contributed by atoms with Gasteiger partial charge in [0.15, 0.2) is 0 Å². The normalized spacial score (nSPS) is 16.4. The zero-order valence-corrected chi connectivity index (χ0v) is 17.6. The van der Waals surface area contributed by atoms with E-state index in [-0.39, 0.29) is 18.8 Å². The summed E-state index contributed by atoms with van der Waals surface area (Å²) >= 11 is 3.37. The highest BCUT2D eigenvalue weighted by atomic mass is 32.2. The number of aliphatic carboxylic acids is 1. The van der Waals surface area contributed by atoms with Crippen molar-refractivity contribution in [2.45, 2.75) is 29.6 Å². The molecule has 0 amide bonds. The molecule has 0 aromatic heterocycles.